The Morgan fingerprint density at radius 1 is 1.39 bits per heavy atom. The molecule has 3 atom stereocenters. The Balaban J connectivity index is 1.77. The second-order valence-electron chi connectivity index (χ2n) is 5.39. The average molecular weight is 255 g/mol. The number of aliphatic carboxylic acids is 1. The highest BCUT2D eigenvalue weighted by molar-refractivity contribution is 5.79. The van der Waals surface area contributed by atoms with Crippen LogP contribution in [0.4, 0.5) is 0 Å². The summed E-state index contributed by atoms with van der Waals surface area (Å²) >= 11 is 0. The van der Waals surface area contributed by atoms with Crippen LogP contribution in [-0.2, 0) is 14.3 Å². The van der Waals surface area contributed by atoms with E-state index in [1.165, 1.54) is 0 Å². The highest BCUT2D eigenvalue weighted by Crippen LogP contribution is 2.25. The summed E-state index contributed by atoms with van der Waals surface area (Å²) in [5, 5.41) is 9.03. The number of likely N-dealkylation sites (tertiary alicyclic amines) is 1. The summed E-state index contributed by atoms with van der Waals surface area (Å²) < 4.78 is 5.48. The number of ether oxygens (including phenoxy) is 1. The normalized spacial score (nSPS) is 31.8. The monoisotopic (exact) mass is 255 g/mol. The summed E-state index contributed by atoms with van der Waals surface area (Å²) in [4.78, 5) is 24.7. The van der Waals surface area contributed by atoms with Crippen LogP contribution in [0.3, 0.4) is 0 Å². The molecule has 1 amide bonds. The maximum absolute atomic E-state index is 12.0. The van der Waals surface area contributed by atoms with E-state index >= 15 is 0 Å². The van der Waals surface area contributed by atoms with E-state index < -0.39 is 11.9 Å². The van der Waals surface area contributed by atoms with Gasteiger partial charge in [-0.1, -0.05) is 6.92 Å². The Morgan fingerprint density at radius 3 is 2.72 bits per heavy atom. The van der Waals surface area contributed by atoms with Gasteiger partial charge in [0.2, 0.25) is 5.91 Å². The first-order chi connectivity index (χ1) is 8.58. The van der Waals surface area contributed by atoms with Gasteiger partial charge < -0.3 is 14.7 Å². The highest BCUT2D eigenvalue weighted by atomic mass is 16.5. The van der Waals surface area contributed by atoms with Crippen molar-refractivity contribution in [2.45, 2.75) is 38.7 Å². The molecule has 5 heteroatoms. The second-order valence-corrected chi connectivity index (χ2v) is 5.39. The molecule has 0 bridgehead atoms. The molecule has 0 aliphatic carbocycles. The fourth-order valence-corrected chi connectivity index (χ4v) is 2.81. The minimum Gasteiger partial charge on any atom is -0.481 e. The first-order valence-electron chi connectivity index (χ1n) is 6.70. The number of hydrogen-bond donors (Lipinski definition) is 1. The van der Waals surface area contributed by atoms with E-state index in [1.807, 2.05) is 6.92 Å². The molecule has 0 saturated carbocycles. The number of carboxylic acid groups (broad SMARTS) is 1. The molecule has 2 aliphatic heterocycles. The molecule has 1 unspecified atom stereocenters. The first-order valence-corrected chi connectivity index (χ1v) is 6.70. The van der Waals surface area contributed by atoms with E-state index in [1.54, 1.807) is 4.90 Å². The van der Waals surface area contributed by atoms with Crippen molar-refractivity contribution in [1.82, 2.24) is 4.90 Å². The molecule has 2 heterocycles. The van der Waals surface area contributed by atoms with Gasteiger partial charge in [0.15, 0.2) is 0 Å². The van der Waals surface area contributed by atoms with Crippen LogP contribution in [0.15, 0.2) is 0 Å². The zero-order valence-electron chi connectivity index (χ0n) is 10.8. The lowest BCUT2D eigenvalue weighted by atomic mass is 9.99. The second kappa shape index (κ2) is 5.69. The third-order valence-corrected chi connectivity index (χ3v) is 3.99. The van der Waals surface area contributed by atoms with E-state index in [2.05, 4.69) is 0 Å². The molecule has 0 radical (unpaired) electrons. The van der Waals surface area contributed by atoms with E-state index in [0.717, 1.165) is 25.9 Å². The summed E-state index contributed by atoms with van der Waals surface area (Å²) in [6.07, 6.45) is 3.59. The van der Waals surface area contributed by atoms with Crippen molar-refractivity contribution in [3.63, 3.8) is 0 Å². The smallest absolute Gasteiger partial charge is 0.308 e. The molecule has 102 valence electrons. The lowest BCUT2D eigenvalue weighted by molar-refractivity contribution is -0.142. The zero-order valence-corrected chi connectivity index (χ0v) is 10.8. The van der Waals surface area contributed by atoms with Crippen molar-refractivity contribution >= 4 is 11.9 Å². The van der Waals surface area contributed by atoms with Gasteiger partial charge in [0.1, 0.15) is 0 Å². The molecular weight excluding hydrogens is 234 g/mol. The van der Waals surface area contributed by atoms with Crippen molar-refractivity contribution in [2.75, 3.05) is 19.7 Å². The number of carbonyl (C=O) groups excluding carboxylic acids is 1. The molecule has 0 spiro atoms. The van der Waals surface area contributed by atoms with Gasteiger partial charge >= 0.3 is 5.97 Å². The van der Waals surface area contributed by atoms with Crippen LogP contribution in [0.5, 0.6) is 0 Å². The summed E-state index contributed by atoms with van der Waals surface area (Å²) in [5.41, 5.74) is 0. The largest absolute Gasteiger partial charge is 0.481 e. The molecule has 2 saturated heterocycles. The molecule has 2 rings (SSSR count). The van der Waals surface area contributed by atoms with Crippen molar-refractivity contribution < 1.29 is 19.4 Å². The van der Waals surface area contributed by atoms with Crippen LogP contribution in [-0.4, -0.2) is 47.7 Å². The fraction of sp³-hybridized carbons (Fsp3) is 0.846. The van der Waals surface area contributed by atoms with Gasteiger partial charge in [-0.2, -0.15) is 0 Å². The summed E-state index contributed by atoms with van der Waals surface area (Å²) in [6, 6.07) is 0. The maximum atomic E-state index is 12.0. The predicted octanol–water partition coefficient (Wildman–Crippen LogP) is 1.12. The van der Waals surface area contributed by atoms with Crippen molar-refractivity contribution in [3.05, 3.63) is 0 Å². The van der Waals surface area contributed by atoms with E-state index in [4.69, 9.17) is 9.84 Å². The van der Waals surface area contributed by atoms with Crippen LogP contribution >= 0.6 is 0 Å². The summed E-state index contributed by atoms with van der Waals surface area (Å²) in [7, 11) is 0. The molecular formula is C13H21NO4. The van der Waals surface area contributed by atoms with Gasteiger partial charge in [-0.25, -0.2) is 0 Å². The summed E-state index contributed by atoms with van der Waals surface area (Å²) in [6.45, 7) is 3.63. The number of hydrogen-bond acceptors (Lipinski definition) is 3. The van der Waals surface area contributed by atoms with E-state index in [9.17, 15) is 9.59 Å². The van der Waals surface area contributed by atoms with E-state index in [0.29, 0.717) is 19.5 Å². The standard InChI is InChI=1S/C13H21NO4/c1-9-7-14(8-11(9)13(16)17)12(15)5-4-10-3-2-6-18-10/h9-11H,2-8H2,1H3,(H,16,17)/t9-,10?,11-/m1/s1. The number of nitrogens with zero attached hydrogens (tertiary/aromatic N) is 1. The molecule has 18 heavy (non-hydrogen) atoms. The van der Waals surface area contributed by atoms with Crippen LogP contribution in [0.2, 0.25) is 0 Å². The maximum Gasteiger partial charge on any atom is 0.308 e. The molecule has 1 N–H and O–H groups in total. The van der Waals surface area contributed by atoms with Gasteiger partial charge in [0.25, 0.3) is 0 Å². The van der Waals surface area contributed by atoms with Gasteiger partial charge in [-0.05, 0) is 25.2 Å². The molecule has 0 aromatic rings. The number of carbonyl (C=O) groups is 2. The number of carboxylic acids is 1. The van der Waals surface area contributed by atoms with Crippen molar-refractivity contribution in [1.29, 1.82) is 0 Å². The minimum absolute atomic E-state index is 0.0502. The SMILES string of the molecule is C[C@@H]1CN(C(=O)CCC2CCCO2)C[C@H]1C(=O)O. The van der Waals surface area contributed by atoms with Crippen LogP contribution in [0.1, 0.15) is 32.6 Å². The predicted molar refractivity (Wildman–Crippen MR) is 65.1 cm³/mol. The Bertz CT molecular complexity index is 325. The quantitative estimate of drug-likeness (QED) is 0.817. The lowest BCUT2D eigenvalue weighted by Gasteiger charge is -2.17. The zero-order chi connectivity index (χ0) is 13.1. The minimum atomic E-state index is -0.795. The molecule has 2 fully saturated rings. The van der Waals surface area contributed by atoms with Crippen LogP contribution < -0.4 is 0 Å². The van der Waals surface area contributed by atoms with Crippen LogP contribution in [0, 0.1) is 11.8 Å². The highest BCUT2D eigenvalue weighted by Gasteiger charge is 2.36. The Kier molecular flexibility index (Phi) is 4.22. The van der Waals surface area contributed by atoms with Crippen LogP contribution in [0.25, 0.3) is 0 Å². The summed E-state index contributed by atoms with van der Waals surface area (Å²) in [5.74, 6) is -1.08. The molecule has 0 aromatic carbocycles. The lowest BCUT2D eigenvalue weighted by Crippen LogP contribution is -2.30. The van der Waals surface area contributed by atoms with Gasteiger partial charge in [-0.3, -0.25) is 9.59 Å². The Morgan fingerprint density at radius 2 is 2.17 bits per heavy atom. The number of rotatable bonds is 4. The average Bonchev–Trinajstić information content (AvgIpc) is 2.94. The van der Waals surface area contributed by atoms with Gasteiger partial charge in [-0.15, -0.1) is 0 Å². The first kappa shape index (κ1) is 13.3. The van der Waals surface area contributed by atoms with E-state index in [-0.39, 0.29) is 17.9 Å². The number of amides is 1. The molecule has 5 nitrogen and oxygen atoms in total. The third kappa shape index (κ3) is 3.02. The molecule has 2 aliphatic rings. The molecule has 0 aromatic heterocycles. The van der Waals surface area contributed by atoms with Crippen molar-refractivity contribution in [3.8, 4) is 0 Å². The topological polar surface area (TPSA) is 66.8 Å². The van der Waals surface area contributed by atoms with Gasteiger partial charge in [0, 0.05) is 26.1 Å². The van der Waals surface area contributed by atoms with Crippen molar-refractivity contribution in [2.24, 2.45) is 11.8 Å². The fourth-order valence-electron chi connectivity index (χ4n) is 2.81. The van der Waals surface area contributed by atoms with Gasteiger partial charge in [0.05, 0.1) is 12.0 Å². The Hall–Kier alpha value is -1.10. The Labute approximate surface area is 107 Å². The third-order valence-electron chi connectivity index (χ3n) is 3.99.